The number of hydrogen-bond acceptors (Lipinski definition) is 4. The summed E-state index contributed by atoms with van der Waals surface area (Å²) in [5, 5.41) is 0. The fourth-order valence-corrected chi connectivity index (χ4v) is 2.39. The van der Waals surface area contributed by atoms with Crippen molar-refractivity contribution in [2.75, 3.05) is 6.61 Å². The van der Waals surface area contributed by atoms with Crippen LogP contribution in [0.5, 0.6) is 0 Å². The summed E-state index contributed by atoms with van der Waals surface area (Å²) in [4.78, 5) is 38.2. The van der Waals surface area contributed by atoms with E-state index in [9.17, 15) is 14.4 Å². The number of nitrogens with one attached hydrogen (secondary N) is 1. The van der Waals surface area contributed by atoms with Crippen LogP contribution in [0.15, 0.2) is 10.9 Å². The van der Waals surface area contributed by atoms with Crippen LogP contribution >= 0.6 is 0 Å². The van der Waals surface area contributed by atoms with Gasteiger partial charge in [0.2, 0.25) is 0 Å². The van der Waals surface area contributed by atoms with Crippen LogP contribution in [0.2, 0.25) is 0 Å². The normalized spacial score (nSPS) is 16.9. The fourth-order valence-electron chi connectivity index (χ4n) is 2.39. The third-order valence-electron chi connectivity index (χ3n) is 3.21. The molecule has 0 spiro atoms. The zero-order valence-corrected chi connectivity index (χ0v) is 11.3. The molecule has 5 nitrogen and oxygen atoms in total. The van der Waals surface area contributed by atoms with Crippen LogP contribution in [0.25, 0.3) is 0 Å². The monoisotopic (exact) mass is 263 g/mol. The molecule has 0 saturated heterocycles. The number of fused-ring (bicyclic) bond motifs is 1. The summed E-state index contributed by atoms with van der Waals surface area (Å²) in [5.41, 5.74) is 0.274. The molecule has 19 heavy (non-hydrogen) atoms. The van der Waals surface area contributed by atoms with E-state index in [2.05, 4.69) is 4.98 Å². The van der Waals surface area contributed by atoms with E-state index in [0.29, 0.717) is 24.1 Å². The molecule has 1 aliphatic rings. The Labute approximate surface area is 111 Å². The Bertz CT molecular complexity index is 598. The topological polar surface area (TPSA) is 76.2 Å². The standard InChI is InChI=1S/C14H17NO4/c1-4-19-13(18)9-5-8-10(15-12(9)17)6-14(2,3)7-11(8)16/h5H,4,6-7H2,1-3H3,(H,15,17). The maximum Gasteiger partial charge on any atom is 0.343 e. The molecule has 0 fully saturated rings. The number of ether oxygens (including phenoxy) is 1. The molecule has 1 aromatic heterocycles. The van der Waals surface area contributed by atoms with E-state index < -0.39 is 11.5 Å². The molecule has 1 heterocycles. The molecular formula is C14H17NO4. The highest BCUT2D eigenvalue weighted by atomic mass is 16.5. The van der Waals surface area contributed by atoms with Crippen LogP contribution in [-0.4, -0.2) is 23.3 Å². The van der Waals surface area contributed by atoms with Gasteiger partial charge in [-0.05, 0) is 24.8 Å². The van der Waals surface area contributed by atoms with Crippen LogP contribution in [-0.2, 0) is 11.2 Å². The zero-order chi connectivity index (χ0) is 14.2. The van der Waals surface area contributed by atoms with Crippen molar-refractivity contribution in [2.45, 2.75) is 33.6 Å². The van der Waals surface area contributed by atoms with Gasteiger partial charge in [-0.3, -0.25) is 9.59 Å². The van der Waals surface area contributed by atoms with Gasteiger partial charge in [-0.15, -0.1) is 0 Å². The minimum Gasteiger partial charge on any atom is -0.462 e. The molecule has 0 bridgehead atoms. The van der Waals surface area contributed by atoms with E-state index in [1.54, 1.807) is 6.92 Å². The van der Waals surface area contributed by atoms with Crippen molar-refractivity contribution in [3.63, 3.8) is 0 Å². The molecule has 1 aromatic rings. The first kappa shape index (κ1) is 13.5. The Morgan fingerprint density at radius 2 is 2.05 bits per heavy atom. The first-order valence-electron chi connectivity index (χ1n) is 6.30. The largest absolute Gasteiger partial charge is 0.462 e. The molecule has 1 N–H and O–H groups in total. The lowest BCUT2D eigenvalue weighted by atomic mass is 9.75. The van der Waals surface area contributed by atoms with Gasteiger partial charge in [0, 0.05) is 17.7 Å². The number of aromatic nitrogens is 1. The fraction of sp³-hybridized carbons (Fsp3) is 0.500. The highest BCUT2D eigenvalue weighted by Gasteiger charge is 2.32. The molecule has 0 atom stereocenters. The number of rotatable bonds is 2. The third kappa shape index (κ3) is 2.59. The summed E-state index contributed by atoms with van der Waals surface area (Å²) in [6, 6.07) is 1.36. The lowest BCUT2D eigenvalue weighted by Crippen LogP contribution is -2.32. The molecule has 102 valence electrons. The predicted molar refractivity (Wildman–Crippen MR) is 69.5 cm³/mol. The lowest BCUT2D eigenvalue weighted by molar-refractivity contribution is 0.0524. The second-order valence-corrected chi connectivity index (χ2v) is 5.57. The molecule has 0 radical (unpaired) electrons. The maximum atomic E-state index is 12.1. The van der Waals surface area contributed by atoms with Crippen molar-refractivity contribution in [1.82, 2.24) is 4.98 Å². The van der Waals surface area contributed by atoms with Gasteiger partial charge in [-0.25, -0.2) is 4.79 Å². The Balaban J connectivity index is 2.50. The van der Waals surface area contributed by atoms with E-state index >= 15 is 0 Å². The molecule has 5 heteroatoms. The minimum absolute atomic E-state index is 0.0481. The summed E-state index contributed by atoms with van der Waals surface area (Å²) in [5.74, 6) is -0.739. The average molecular weight is 263 g/mol. The van der Waals surface area contributed by atoms with Crippen LogP contribution in [0, 0.1) is 5.41 Å². The lowest BCUT2D eigenvalue weighted by Gasteiger charge is -2.29. The van der Waals surface area contributed by atoms with Gasteiger partial charge in [0.15, 0.2) is 5.78 Å². The number of pyridine rings is 1. The quantitative estimate of drug-likeness (QED) is 0.824. The first-order valence-corrected chi connectivity index (χ1v) is 6.30. The summed E-state index contributed by atoms with van der Waals surface area (Å²) in [7, 11) is 0. The third-order valence-corrected chi connectivity index (χ3v) is 3.21. The van der Waals surface area contributed by atoms with Crippen molar-refractivity contribution < 1.29 is 14.3 Å². The van der Waals surface area contributed by atoms with Gasteiger partial charge in [0.1, 0.15) is 5.56 Å². The Morgan fingerprint density at radius 1 is 1.37 bits per heavy atom. The summed E-state index contributed by atoms with van der Waals surface area (Å²) < 4.78 is 4.81. The number of hydrogen-bond donors (Lipinski definition) is 1. The molecule has 0 aliphatic heterocycles. The van der Waals surface area contributed by atoms with Gasteiger partial charge < -0.3 is 9.72 Å². The molecule has 0 aromatic carbocycles. The number of carbonyl (C=O) groups excluding carboxylic acids is 2. The number of H-pyrrole nitrogens is 1. The average Bonchev–Trinajstić information content (AvgIpc) is 2.26. The van der Waals surface area contributed by atoms with E-state index in [0.717, 1.165) is 0 Å². The second kappa shape index (κ2) is 4.64. The van der Waals surface area contributed by atoms with E-state index in [4.69, 9.17) is 4.74 Å². The summed E-state index contributed by atoms with van der Waals surface area (Å²) in [6.45, 7) is 5.81. The highest BCUT2D eigenvalue weighted by molar-refractivity contribution is 6.01. The van der Waals surface area contributed by atoms with E-state index in [1.807, 2.05) is 13.8 Å². The number of carbonyl (C=O) groups is 2. The predicted octanol–water partition coefficient (Wildman–Crippen LogP) is 1.71. The van der Waals surface area contributed by atoms with Crippen molar-refractivity contribution in [1.29, 1.82) is 0 Å². The highest BCUT2D eigenvalue weighted by Crippen LogP contribution is 2.33. The van der Waals surface area contributed by atoms with Gasteiger partial charge in [0.25, 0.3) is 5.56 Å². The van der Waals surface area contributed by atoms with Crippen LogP contribution in [0.4, 0.5) is 0 Å². The summed E-state index contributed by atoms with van der Waals surface area (Å²) in [6.07, 6.45) is 1.03. The Kier molecular flexibility index (Phi) is 3.30. The molecular weight excluding hydrogens is 246 g/mol. The second-order valence-electron chi connectivity index (χ2n) is 5.57. The number of esters is 1. The van der Waals surface area contributed by atoms with Gasteiger partial charge >= 0.3 is 5.97 Å². The van der Waals surface area contributed by atoms with Crippen LogP contribution in [0.3, 0.4) is 0 Å². The van der Waals surface area contributed by atoms with Crippen molar-refractivity contribution in [2.24, 2.45) is 5.41 Å². The molecule has 0 amide bonds. The molecule has 2 rings (SSSR count). The summed E-state index contributed by atoms with van der Waals surface area (Å²) >= 11 is 0. The van der Waals surface area contributed by atoms with Crippen LogP contribution in [0.1, 0.15) is 53.6 Å². The van der Waals surface area contributed by atoms with E-state index in [-0.39, 0.29) is 23.4 Å². The Morgan fingerprint density at radius 3 is 2.68 bits per heavy atom. The number of ketones is 1. The smallest absolute Gasteiger partial charge is 0.343 e. The SMILES string of the molecule is CCOC(=O)c1cc2c([nH]c1=O)CC(C)(C)CC2=O. The van der Waals surface area contributed by atoms with Crippen molar-refractivity contribution >= 4 is 11.8 Å². The van der Waals surface area contributed by atoms with Gasteiger partial charge in [0.05, 0.1) is 6.61 Å². The zero-order valence-electron chi connectivity index (χ0n) is 11.3. The maximum absolute atomic E-state index is 12.1. The van der Waals surface area contributed by atoms with Crippen molar-refractivity contribution in [3.05, 3.63) is 33.2 Å². The van der Waals surface area contributed by atoms with E-state index in [1.165, 1.54) is 6.07 Å². The first-order chi connectivity index (χ1) is 8.84. The molecule has 0 unspecified atom stereocenters. The van der Waals surface area contributed by atoms with Gasteiger partial charge in [-0.1, -0.05) is 13.8 Å². The Hall–Kier alpha value is -1.91. The number of Topliss-reactive ketones (excluding diaryl/α,β-unsaturated/α-hetero) is 1. The van der Waals surface area contributed by atoms with Crippen molar-refractivity contribution in [3.8, 4) is 0 Å². The number of aromatic amines is 1. The molecule has 1 aliphatic carbocycles. The van der Waals surface area contributed by atoms with Gasteiger partial charge in [-0.2, -0.15) is 0 Å². The molecule has 0 saturated carbocycles. The minimum atomic E-state index is -0.691. The van der Waals surface area contributed by atoms with Crippen LogP contribution < -0.4 is 5.56 Å².